The normalized spacial score (nSPS) is 24.1. The van der Waals surface area contributed by atoms with Crippen molar-refractivity contribution in [2.75, 3.05) is 26.2 Å². The summed E-state index contributed by atoms with van der Waals surface area (Å²) in [6, 6.07) is 0. The maximum absolute atomic E-state index is 12.7. The molecule has 2 atom stereocenters. The van der Waals surface area contributed by atoms with Gasteiger partial charge in [0.05, 0.1) is 0 Å². The van der Waals surface area contributed by atoms with Crippen LogP contribution in [0.1, 0.15) is 71.6 Å². The van der Waals surface area contributed by atoms with E-state index >= 15 is 0 Å². The van der Waals surface area contributed by atoms with E-state index in [9.17, 15) is 14.4 Å². The largest absolute Gasteiger partial charge is 0.369 e. The van der Waals surface area contributed by atoms with Crippen molar-refractivity contribution in [1.82, 2.24) is 9.80 Å². The first-order valence-corrected chi connectivity index (χ1v) is 10.8. The number of hydrogen-bond donors (Lipinski definition) is 1. The molecule has 0 unspecified atom stereocenters. The Morgan fingerprint density at radius 1 is 0.889 bits per heavy atom. The number of likely N-dealkylation sites (tertiary alicyclic amines) is 2. The van der Waals surface area contributed by atoms with E-state index in [1.54, 1.807) is 0 Å². The molecule has 6 heteroatoms. The van der Waals surface area contributed by atoms with Gasteiger partial charge in [0.25, 0.3) is 0 Å². The number of hydrogen-bond acceptors (Lipinski definition) is 3. The first kappa shape index (κ1) is 21.7. The Kier molecular flexibility index (Phi) is 8.58. The summed E-state index contributed by atoms with van der Waals surface area (Å²) >= 11 is 0. The van der Waals surface area contributed by atoms with E-state index in [1.165, 1.54) is 0 Å². The predicted molar refractivity (Wildman–Crippen MR) is 106 cm³/mol. The van der Waals surface area contributed by atoms with Gasteiger partial charge in [-0.2, -0.15) is 0 Å². The van der Waals surface area contributed by atoms with Crippen molar-refractivity contribution < 1.29 is 14.4 Å². The molecule has 0 radical (unpaired) electrons. The van der Waals surface area contributed by atoms with Crippen LogP contribution < -0.4 is 5.73 Å². The zero-order chi connectivity index (χ0) is 19.8. The maximum atomic E-state index is 12.7. The number of carbonyl (C=O) groups excluding carboxylic acids is 3. The first-order valence-electron chi connectivity index (χ1n) is 10.8. The molecule has 0 spiro atoms. The minimum atomic E-state index is -0.246. The van der Waals surface area contributed by atoms with E-state index in [0.29, 0.717) is 50.6 Å². The van der Waals surface area contributed by atoms with Crippen LogP contribution in [0.5, 0.6) is 0 Å². The molecule has 27 heavy (non-hydrogen) atoms. The van der Waals surface area contributed by atoms with E-state index in [4.69, 9.17) is 5.73 Å². The Morgan fingerprint density at radius 3 is 2.15 bits per heavy atom. The third kappa shape index (κ3) is 6.22. The fourth-order valence-electron chi connectivity index (χ4n) is 4.49. The molecule has 0 aromatic carbocycles. The minimum absolute atomic E-state index is 0.0839. The van der Waals surface area contributed by atoms with Crippen molar-refractivity contribution in [2.24, 2.45) is 23.5 Å². The Balaban J connectivity index is 1.80. The molecule has 0 saturated carbocycles. The van der Waals surface area contributed by atoms with Crippen LogP contribution in [-0.2, 0) is 14.4 Å². The monoisotopic (exact) mass is 379 g/mol. The third-order valence-electron chi connectivity index (χ3n) is 6.45. The Labute approximate surface area is 163 Å². The second-order valence-electron chi connectivity index (χ2n) is 8.28. The van der Waals surface area contributed by atoms with Crippen LogP contribution >= 0.6 is 0 Å². The van der Waals surface area contributed by atoms with Gasteiger partial charge >= 0.3 is 0 Å². The van der Waals surface area contributed by atoms with Gasteiger partial charge in [-0.3, -0.25) is 14.4 Å². The van der Waals surface area contributed by atoms with E-state index < -0.39 is 0 Å². The molecule has 2 aliphatic rings. The lowest BCUT2D eigenvalue weighted by molar-refractivity contribution is -0.138. The van der Waals surface area contributed by atoms with Crippen LogP contribution in [0.2, 0.25) is 0 Å². The average molecular weight is 380 g/mol. The van der Waals surface area contributed by atoms with Crippen molar-refractivity contribution in [3.8, 4) is 0 Å². The molecule has 3 amide bonds. The Morgan fingerprint density at radius 2 is 1.56 bits per heavy atom. The van der Waals surface area contributed by atoms with Gasteiger partial charge in [-0.15, -0.1) is 0 Å². The van der Waals surface area contributed by atoms with Crippen LogP contribution in [-0.4, -0.2) is 53.7 Å². The smallest absolute Gasteiger partial charge is 0.222 e. The molecule has 2 aliphatic heterocycles. The lowest BCUT2D eigenvalue weighted by Gasteiger charge is -2.39. The van der Waals surface area contributed by atoms with Crippen LogP contribution in [0.25, 0.3) is 0 Å². The summed E-state index contributed by atoms with van der Waals surface area (Å²) in [4.78, 5) is 40.3. The van der Waals surface area contributed by atoms with E-state index in [1.807, 2.05) is 9.80 Å². The molecule has 154 valence electrons. The molecule has 2 N–H and O–H groups in total. The SMILES string of the molecule is CCCCCC(=O)N1CC[C@@H](CC(=O)N2CCC(C(N)=O)CC2)[C@@H](CC)C1. The summed E-state index contributed by atoms with van der Waals surface area (Å²) in [6.07, 6.45) is 7.73. The van der Waals surface area contributed by atoms with Crippen LogP contribution in [0.3, 0.4) is 0 Å². The second-order valence-corrected chi connectivity index (χ2v) is 8.28. The highest BCUT2D eigenvalue weighted by molar-refractivity contribution is 5.79. The molecular weight excluding hydrogens is 342 g/mol. The summed E-state index contributed by atoms with van der Waals surface area (Å²) in [5, 5.41) is 0. The van der Waals surface area contributed by atoms with Gasteiger partial charge in [0, 0.05) is 44.9 Å². The number of rotatable bonds is 8. The fourth-order valence-corrected chi connectivity index (χ4v) is 4.49. The zero-order valence-corrected chi connectivity index (χ0v) is 17.1. The van der Waals surface area contributed by atoms with Crippen LogP contribution in [0.15, 0.2) is 0 Å². The van der Waals surface area contributed by atoms with Crippen molar-refractivity contribution in [2.45, 2.75) is 71.6 Å². The van der Waals surface area contributed by atoms with Crippen molar-refractivity contribution >= 4 is 17.7 Å². The maximum Gasteiger partial charge on any atom is 0.222 e. The minimum Gasteiger partial charge on any atom is -0.369 e. The summed E-state index contributed by atoms with van der Waals surface area (Å²) in [6.45, 7) is 7.16. The fraction of sp³-hybridized carbons (Fsp3) is 0.857. The quantitative estimate of drug-likeness (QED) is 0.658. The van der Waals surface area contributed by atoms with E-state index in [0.717, 1.165) is 45.2 Å². The molecule has 0 aromatic rings. The molecule has 6 nitrogen and oxygen atoms in total. The number of unbranched alkanes of at least 4 members (excludes halogenated alkanes) is 2. The van der Waals surface area contributed by atoms with Crippen molar-refractivity contribution in [3.63, 3.8) is 0 Å². The number of piperidine rings is 2. The summed E-state index contributed by atoms with van der Waals surface area (Å²) in [5.41, 5.74) is 5.38. The Hall–Kier alpha value is -1.59. The van der Waals surface area contributed by atoms with Gasteiger partial charge in [0.1, 0.15) is 0 Å². The lowest BCUT2D eigenvalue weighted by Crippen LogP contribution is -2.46. The second kappa shape index (κ2) is 10.7. The topological polar surface area (TPSA) is 83.7 Å². The number of nitrogens with two attached hydrogens (primary N) is 1. The van der Waals surface area contributed by atoms with Gasteiger partial charge in [-0.1, -0.05) is 33.1 Å². The molecule has 2 saturated heterocycles. The molecule has 0 aromatic heterocycles. The number of amides is 3. The molecule has 0 bridgehead atoms. The van der Waals surface area contributed by atoms with Gasteiger partial charge in [-0.05, 0) is 37.5 Å². The average Bonchev–Trinajstić information content (AvgIpc) is 2.68. The molecule has 2 heterocycles. The molecule has 2 fully saturated rings. The zero-order valence-electron chi connectivity index (χ0n) is 17.1. The summed E-state index contributed by atoms with van der Waals surface area (Å²) in [5.74, 6) is 0.907. The van der Waals surface area contributed by atoms with Crippen molar-refractivity contribution in [3.05, 3.63) is 0 Å². The van der Waals surface area contributed by atoms with Crippen LogP contribution in [0.4, 0.5) is 0 Å². The highest BCUT2D eigenvalue weighted by Gasteiger charge is 2.33. The number of carbonyl (C=O) groups is 3. The number of nitrogens with zero attached hydrogens (tertiary/aromatic N) is 2. The highest BCUT2D eigenvalue weighted by atomic mass is 16.2. The Bertz CT molecular complexity index is 515. The summed E-state index contributed by atoms with van der Waals surface area (Å²) in [7, 11) is 0. The highest BCUT2D eigenvalue weighted by Crippen LogP contribution is 2.30. The number of primary amides is 1. The first-order chi connectivity index (χ1) is 13.0. The van der Waals surface area contributed by atoms with Gasteiger partial charge in [0.2, 0.25) is 17.7 Å². The summed E-state index contributed by atoms with van der Waals surface area (Å²) < 4.78 is 0. The van der Waals surface area contributed by atoms with Gasteiger partial charge in [-0.25, -0.2) is 0 Å². The lowest BCUT2D eigenvalue weighted by atomic mass is 9.81. The molecule has 0 aliphatic carbocycles. The van der Waals surface area contributed by atoms with Gasteiger partial charge < -0.3 is 15.5 Å². The van der Waals surface area contributed by atoms with E-state index in [2.05, 4.69) is 13.8 Å². The van der Waals surface area contributed by atoms with Crippen molar-refractivity contribution in [1.29, 1.82) is 0 Å². The third-order valence-corrected chi connectivity index (χ3v) is 6.45. The molecule has 2 rings (SSSR count). The van der Waals surface area contributed by atoms with Crippen LogP contribution in [0, 0.1) is 17.8 Å². The van der Waals surface area contributed by atoms with Gasteiger partial charge in [0.15, 0.2) is 0 Å². The van der Waals surface area contributed by atoms with E-state index in [-0.39, 0.29) is 23.6 Å². The predicted octanol–water partition coefficient (Wildman–Crippen LogP) is 2.56. The molecular formula is C21H37N3O3. The standard InChI is InChI=1S/C21H37N3O3/c1-3-5-6-7-19(25)24-13-10-18(16(4-2)15-24)14-20(26)23-11-8-17(9-12-23)21(22)27/h16-18H,3-15H2,1-2H3,(H2,22,27)/t16-,18-/m0/s1.